The summed E-state index contributed by atoms with van der Waals surface area (Å²) in [6.45, 7) is 1.37. The fourth-order valence-electron chi connectivity index (χ4n) is 1.77. The van der Waals surface area contributed by atoms with Gasteiger partial charge in [0.05, 0.1) is 10.7 Å². The molecule has 0 spiro atoms. The van der Waals surface area contributed by atoms with Crippen molar-refractivity contribution in [3.8, 4) is 0 Å². The minimum atomic E-state index is -3.87. The summed E-state index contributed by atoms with van der Waals surface area (Å²) in [5.41, 5.74) is 0.526. The number of Topliss-reactive ketones (excluding diaryl/α,β-unsaturated/α-hetero) is 1. The normalized spacial score (nSPS) is 11.2. The Kier molecular flexibility index (Phi) is 4.70. The summed E-state index contributed by atoms with van der Waals surface area (Å²) in [6.07, 6.45) is 0. The Morgan fingerprint density at radius 2 is 1.86 bits per heavy atom. The van der Waals surface area contributed by atoms with E-state index in [-0.39, 0.29) is 21.4 Å². The summed E-state index contributed by atoms with van der Waals surface area (Å²) in [5.74, 6) is -0.227. The molecule has 1 N–H and O–H groups in total. The number of hydrogen-bond acceptors (Lipinski definition) is 3. The van der Waals surface area contributed by atoms with Gasteiger partial charge in [-0.15, -0.1) is 0 Å². The van der Waals surface area contributed by atoms with E-state index in [1.807, 2.05) is 0 Å². The quantitative estimate of drug-likeness (QED) is 0.802. The summed E-state index contributed by atoms with van der Waals surface area (Å²) in [5, 5.41) is 0.0946. The fraction of sp³-hybridized carbons (Fsp3) is 0.0714. The SMILES string of the molecule is CC(=O)c1ccccc1NS(=O)(=O)c1ccc(Br)cc1Cl. The molecule has 0 heterocycles. The van der Waals surface area contributed by atoms with Gasteiger partial charge in [-0.05, 0) is 37.3 Å². The van der Waals surface area contributed by atoms with Crippen LogP contribution in [0.3, 0.4) is 0 Å². The molecule has 2 aromatic rings. The molecular formula is C14H11BrClNO3S. The molecule has 21 heavy (non-hydrogen) atoms. The maximum Gasteiger partial charge on any atom is 0.263 e. The Hall–Kier alpha value is -1.37. The highest BCUT2D eigenvalue weighted by molar-refractivity contribution is 9.10. The topological polar surface area (TPSA) is 63.2 Å². The Bertz CT molecular complexity index is 806. The molecule has 0 radical (unpaired) electrons. The van der Waals surface area contributed by atoms with Crippen molar-refractivity contribution in [3.05, 3.63) is 57.5 Å². The smallest absolute Gasteiger partial charge is 0.263 e. The van der Waals surface area contributed by atoms with E-state index in [2.05, 4.69) is 20.7 Å². The van der Waals surface area contributed by atoms with Crippen molar-refractivity contribution < 1.29 is 13.2 Å². The van der Waals surface area contributed by atoms with Gasteiger partial charge in [-0.3, -0.25) is 9.52 Å². The van der Waals surface area contributed by atoms with Crippen molar-refractivity contribution in [1.29, 1.82) is 0 Å². The van der Waals surface area contributed by atoms with Crippen molar-refractivity contribution >= 4 is 49.0 Å². The van der Waals surface area contributed by atoms with Gasteiger partial charge in [-0.1, -0.05) is 39.7 Å². The van der Waals surface area contributed by atoms with Gasteiger partial charge in [0.1, 0.15) is 4.90 Å². The van der Waals surface area contributed by atoms with Gasteiger partial charge >= 0.3 is 0 Å². The molecule has 110 valence electrons. The molecule has 0 saturated heterocycles. The number of halogens is 2. The predicted molar refractivity (Wildman–Crippen MR) is 86.4 cm³/mol. The lowest BCUT2D eigenvalue weighted by Crippen LogP contribution is -2.15. The zero-order chi connectivity index (χ0) is 15.6. The highest BCUT2D eigenvalue weighted by Crippen LogP contribution is 2.27. The van der Waals surface area contributed by atoms with Crippen LogP contribution < -0.4 is 4.72 Å². The molecule has 0 saturated carbocycles. The van der Waals surface area contributed by atoms with E-state index in [1.54, 1.807) is 24.3 Å². The van der Waals surface area contributed by atoms with E-state index >= 15 is 0 Å². The Morgan fingerprint density at radius 1 is 1.19 bits per heavy atom. The van der Waals surface area contributed by atoms with Gasteiger partial charge in [0.15, 0.2) is 5.78 Å². The second kappa shape index (κ2) is 6.17. The highest BCUT2D eigenvalue weighted by Gasteiger charge is 2.20. The van der Waals surface area contributed by atoms with Crippen LogP contribution in [0.1, 0.15) is 17.3 Å². The van der Waals surface area contributed by atoms with Gasteiger partial charge in [-0.25, -0.2) is 8.42 Å². The number of para-hydroxylation sites is 1. The standard InChI is InChI=1S/C14H11BrClNO3S/c1-9(18)11-4-2-3-5-13(11)17-21(19,20)14-7-6-10(15)8-12(14)16/h2-8,17H,1H3. The zero-order valence-corrected chi connectivity index (χ0v) is 14.1. The first-order chi connectivity index (χ1) is 9.81. The van der Waals surface area contributed by atoms with Crippen LogP contribution in [0.15, 0.2) is 51.8 Å². The number of ketones is 1. The third-order valence-electron chi connectivity index (χ3n) is 2.73. The van der Waals surface area contributed by atoms with Crippen LogP contribution in [0.4, 0.5) is 5.69 Å². The van der Waals surface area contributed by atoms with Crippen molar-refractivity contribution in [2.24, 2.45) is 0 Å². The Labute approximate surface area is 136 Å². The average Bonchev–Trinajstić information content (AvgIpc) is 2.37. The lowest BCUT2D eigenvalue weighted by Gasteiger charge is -2.12. The van der Waals surface area contributed by atoms with Gasteiger partial charge in [0, 0.05) is 10.0 Å². The van der Waals surface area contributed by atoms with Crippen LogP contribution in [0, 0.1) is 0 Å². The molecule has 7 heteroatoms. The van der Waals surface area contributed by atoms with Crippen molar-refractivity contribution in [1.82, 2.24) is 0 Å². The van der Waals surface area contributed by atoms with E-state index < -0.39 is 10.0 Å². The van der Waals surface area contributed by atoms with E-state index in [0.717, 1.165) is 0 Å². The first-order valence-corrected chi connectivity index (χ1v) is 8.54. The molecule has 0 aromatic heterocycles. The summed E-state index contributed by atoms with van der Waals surface area (Å²) in [6, 6.07) is 10.9. The minimum Gasteiger partial charge on any atom is -0.294 e. The number of nitrogens with one attached hydrogen (secondary N) is 1. The number of rotatable bonds is 4. The van der Waals surface area contributed by atoms with Crippen LogP contribution >= 0.6 is 27.5 Å². The largest absolute Gasteiger partial charge is 0.294 e. The van der Waals surface area contributed by atoms with Crippen LogP contribution in [0.2, 0.25) is 5.02 Å². The van der Waals surface area contributed by atoms with Crippen molar-refractivity contribution in [2.75, 3.05) is 4.72 Å². The number of carbonyl (C=O) groups is 1. The number of benzene rings is 2. The fourth-order valence-corrected chi connectivity index (χ4v) is 3.89. The van der Waals surface area contributed by atoms with Crippen LogP contribution in [0.25, 0.3) is 0 Å². The minimum absolute atomic E-state index is 0.0503. The molecule has 4 nitrogen and oxygen atoms in total. The first-order valence-electron chi connectivity index (χ1n) is 5.89. The molecule has 0 unspecified atom stereocenters. The zero-order valence-electron chi connectivity index (χ0n) is 10.9. The first kappa shape index (κ1) is 16.0. The number of anilines is 1. The molecule has 0 amide bonds. The molecular weight excluding hydrogens is 378 g/mol. The van der Waals surface area contributed by atoms with Gasteiger partial charge in [0.25, 0.3) is 10.0 Å². The molecule has 0 bridgehead atoms. The van der Waals surface area contributed by atoms with Crippen LogP contribution in [0.5, 0.6) is 0 Å². The Balaban J connectivity index is 2.45. The third kappa shape index (κ3) is 3.64. The third-order valence-corrected chi connectivity index (χ3v) is 5.08. The number of carbonyl (C=O) groups excluding carboxylic acids is 1. The highest BCUT2D eigenvalue weighted by atomic mass is 79.9. The van der Waals surface area contributed by atoms with Gasteiger partial charge in [-0.2, -0.15) is 0 Å². The monoisotopic (exact) mass is 387 g/mol. The molecule has 0 fully saturated rings. The molecule has 2 aromatic carbocycles. The molecule has 0 aliphatic rings. The van der Waals surface area contributed by atoms with Crippen LogP contribution in [-0.4, -0.2) is 14.2 Å². The number of hydrogen-bond donors (Lipinski definition) is 1. The van der Waals surface area contributed by atoms with E-state index in [9.17, 15) is 13.2 Å². The maximum absolute atomic E-state index is 12.4. The lowest BCUT2D eigenvalue weighted by molar-refractivity contribution is 0.101. The summed E-state index contributed by atoms with van der Waals surface area (Å²) in [7, 11) is -3.87. The Morgan fingerprint density at radius 3 is 2.48 bits per heavy atom. The van der Waals surface area contributed by atoms with Gasteiger partial charge < -0.3 is 0 Å². The maximum atomic E-state index is 12.4. The summed E-state index contributed by atoms with van der Waals surface area (Å²) in [4.78, 5) is 11.5. The number of sulfonamides is 1. The van der Waals surface area contributed by atoms with Crippen molar-refractivity contribution in [3.63, 3.8) is 0 Å². The second-order valence-corrected chi connectivity index (χ2v) is 7.26. The summed E-state index contributed by atoms with van der Waals surface area (Å²) < 4.78 is 27.8. The predicted octanol–water partition coefficient (Wildman–Crippen LogP) is 4.11. The van der Waals surface area contributed by atoms with E-state index in [4.69, 9.17) is 11.6 Å². The van der Waals surface area contributed by atoms with E-state index in [1.165, 1.54) is 25.1 Å². The van der Waals surface area contributed by atoms with Crippen molar-refractivity contribution in [2.45, 2.75) is 11.8 Å². The molecule has 2 rings (SSSR count). The lowest BCUT2D eigenvalue weighted by atomic mass is 10.1. The van der Waals surface area contributed by atoms with E-state index in [0.29, 0.717) is 10.0 Å². The second-order valence-electron chi connectivity index (χ2n) is 4.28. The van der Waals surface area contributed by atoms with Crippen LogP contribution in [-0.2, 0) is 10.0 Å². The summed E-state index contributed by atoms with van der Waals surface area (Å²) >= 11 is 9.18. The van der Waals surface area contributed by atoms with Gasteiger partial charge in [0.2, 0.25) is 0 Å². The molecule has 0 aliphatic carbocycles. The molecule has 0 aliphatic heterocycles. The average molecular weight is 389 g/mol. The molecule has 0 atom stereocenters.